The van der Waals surface area contributed by atoms with Gasteiger partial charge in [0.1, 0.15) is 19.8 Å². The van der Waals surface area contributed by atoms with Crippen LogP contribution in [-0.2, 0) is 32.7 Å². The van der Waals surface area contributed by atoms with E-state index in [1.165, 1.54) is 70.6 Å². The van der Waals surface area contributed by atoms with Crippen LogP contribution in [0.2, 0.25) is 0 Å². The standard InChI is InChI=1S/C58H100NO8P/c1-6-8-10-12-14-16-18-20-22-24-26-27-28-29-30-31-33-35-37-39-41-43-45-47-49-51-58(61)67-56(55-66-68(62,63)65-53-52-59(3,4)5)54-64-57(60)50-48-46-44-42-40-38-36-34-32-25-23-21-19-17-15-13-11-9-7-2/h8,10,14-17,20-23,26-27,29-30,32,34,56H,6-7,9,11-13,18-19,24-25,28,31,33,35-55H2,1-5H3/p+1/b10-8-,16-14-,17-15-,22-20-,23-21-,27-26-,30-29-,34-32-. The van der Waals surface area contributed by atoms with Crippen molar-refractivity contribution in [1.82, 2.24) is 0 Å². The number of phosphoric ester groups is 1. The maximum atomic E-state index is 12.8. The summed E-state index contributed by atoms with van der Waals surface area (Å²) in [5.74, 6) is -0.824. The molecule has 0 amide bonds. The second kappa shape index (κ2) is 48.9. The first-order valence-electron chi connectivity index (χ1n) is 27.0. The van der Waals surface area contributed by atoms with Gasteiger partial charge in [-0.1, -0.05) is 195 Å². The Hall–Kier alpha value is -3.07. The molecule has 0 aromatic heterocycles. The minimum absolute atomic E-state index is 0.0230. The summed E-state index contributed by atoms with van der Waals surface area (Å²) in [5.41, 5.74) is 0. The van der Waals surface area contributed by atoms with E-state index in [1.807, 2.05) is 21.1 Å². The number of carbonyl (C=O) groups excluding carboxylic acids is 2. The van der Waals surface area contributed by atoms with Crippen molar-refractivity contribution in [1.29, 1.82) is 0 Å². The highest BCUT2D eigenvalue weighted by Crippen LogP contribution is 2.43. The average Bonchev–Trinajstić information content (AvgIpc) is 3.30. The van der Waals surface area contributed by atoms with E-state index < -0.39 is 26.5 Å². The monoisotopic (exact) mass is 971 g/mol. The SMILES string of the molecule is CC/C=C\C/C=C\C/C=C\C/C=C\C/C=C\CCCCCCCCCCCC(=O)OC(COC(=O)CCCCCCCC/C=C\C/C=C\C/C=C\CCCCC)COP(=O)(O)OCC[N+](C)(C)C. The second-order valence-corrected chi connectivity index (χ2v) is 20.3. The highest BCUT2D eigenvalue weighted by Gasteiger charge is 2.27. The predicted octanol–water partition coefficient (Wildman–Crippen LogP) is 16.5. The number of quaternary nitrogens is 1. The van der Waals surface area contributed by atoms with E-state index in [4.69, 9.17) is 18.5 Å². The van der Waals surface area contributed by atoms with E-state index in [-0.39, 0.29) is 32.0 Å². The summed E-state index contributed by atoms with van der Waals surface area (Å²) >= 11 is 0. The maximum absolute atomic E-state index is 12.8. The number of allylic oxidation sites excluding steroid dienone is 16. The molecular formula is C58H101NO8P+. The first kappa shape index (κ1) is 64.9. The van der Waals surface area contributed by atoms with Gasteiger partial charge in [0.15, 0.2) is 6.10 Å². The fourth-order valence-electron chi connectivity index (χ4n) is 6.93. The molecule has 0 aliphatic rings. The molecular weight excluding hydrogens is 870 g/mol. The van der Waals surface area contributed by atoms with Crippen LogP contribution in [0.3, 0.4) is 0 Å². The Morgan fingerprint density at radius 3 is 1.25 bits per heavy atom. The van der Waals surface area contributed by atoms with E-state index in [0.717, 1.165) is 103 Å². The van der Waals surface area contributed by atoms with Crippen molar-refractivity contribution in [2.75, 3.05) is 47.5 Å². The van der Waals surface area contributed by atoms with Gasteiger partial charge in [0.05, 0.1) is 27.7 Å². The van der Waals surface area contributed by atoms with Crippen molar-refractivity contribution in [3.8, 4) is 0 Å². The summed E-state index contributed by atoms with van der Waals surface area (Å²) in [6.45, 7) is 4.26. The van der Waals surface area contributed by atoms with Gasteiger partial charge in [-0.05, 0) is 96.3 Å². The number of hydrogen-bond acceptors (Lipinski definition) is 7. The number of hydrogen-bond donors (Lipinski definition) is 1. The van der Waals surface area contributed by atoms with Gasteiger partial charge in [-0.2, -0.15) is 0 Å². The van der Waals surface area contributed by atoms with E-state index >= 15 is 0 Å². The lowest BCUT2D eigenvalue weighted by Gasteiger charge is -2.24. The Kier molecular flexibility index (Phi) is 46.7. The zero-order valence-corrected chi connectivity index (χ0v) is 45.0. The lowest BCUT2D eigenvalue weighted by Crippen LogP contribution is -2.37. The molecule has 2 unspecified atom stereocenters. The number of likely N-dealkylation sites (N-methyl/N-ethyl adjacent to an activating group) is 1. The molecule has 0 heterocycles. The Morgan fingerprint density at radius 1 is 0.471 bits per heavy atom. The Bertz CT molecular complexity index is 1470. The number of nitrogens with zero attached hydrogens (tertiary/aromatic N) is 1. The van der Waals surface area contributed by atoms with Crippen LogP contribution in [0.15, 0.2) is 97.2 Å². The Balaban J connectivity index is 4.28. The van der Waals surface area contributed by atoms with E-state index in [2.05, 4.69) is 111 Å². The average molecular weight is 971 g/mol. The molecule has 0 rings (SSSR count). The highest BCUT2D eigenvalue weighted by molar-refractivity contribution is 7.47. The van der Waals surface area contributed by atoms with Crippen LogP contribution in [0.5, 0.6) is 0 Å². The third-order valence-corrected chi connectivity index (χ3v) is 12.1. The summed E-state index contributed by atoms with van der Waals surface area (Å²) in [5, 5.41) is 0. The highest BCUT2D eigenvalue weighted by atomic mass is 31.2. The third-order valence-electron chi connectivity index (χ3n) is 11.1. The summed E-state index contributed by atoms with van der Waals surface area (Å²) in [4.78, 5) is 35.6. The molecule has 0 aromatic carbocycles. The number of rotatable bonds is 48. The van der Waals surface area contributed by atoms with Crippen LogP contribution in [0, 0.1) is 0 Å². The van der Waals surface area contributed by atoms with Crippen molar-refractivity contribution in [2.24, 2.45) is 0 Å². The predicted molar refractivity (Wildman–Crippen MR) is 288 cm³/mol. The summed E-state index contributed by atoms with van der Waals surface area (Å²) in [7, 11) is 1.45. The van der Waals surface area contributed by atoms with Crippen molar-refractivity contribution in [3.63, 3.8) is 0 Å². The minimum atomic E-state index is -4.39. The van der Waals surface area contributed by atoms with E-state index in [0.29, 0.717) is 17.4 Å². The van der Waals surface area contributed by atoms with E-state index in [1.54, 1.807) is 0 Å². The van der Waals surface area contributed by atoms with Crippen molar-refractivity contribution >= 4 is 19.8 Å². The Morgan fingerprint density at radius 2 is 0.838 bits per heavy atom. The van der Waals surface area contributed by atoms with Crippen LogP contribution < -0.4 is 0 Å². The van der Waals surface area contributed by atoms with Gasteiger partial charge in [-0.3, -0.25) is 18.6 Å². The topological polar surface area (TPSA) is 108 Å². The van der Waals surface area contributed by atoms with Crippen LogP contribution >= 0.6 is 7.82 Å². The van der Waals surface area contributed by atoms with Crippen molar-refractivity contribution in [3.05, 3.63) is 97.2 Å². The summed E-state index contributed by atoms with van der Waals surface area (Å²) in [6, 6.07) is 0. The molecule has 0 fully saturated rings. The minimum Gasteiger partial charge on any atom is -0.462 e. The molecule has 9 nitrogen and oxygen atoms in total. The fraction of sp³-hybridized carbons (Fsp3) is 0.690. The normalized spacial score (nSPS) is 14.1. The van der Waals surface area contributed by atoms with Crippen LogP contribution in [-0.4, -0.2) is 74.9 Å². The fourth-order valence-corrected chi connectivity index (χ4v) is 7.67. The lowest BCUT2D eigenvalue weighted by atomic mass is 10.1. The molecule has 2 atom stereocenters. The molecule has 0 radical (unpaired) electrons. The van der Waals surface area contributed by atoms with Gasteiger partial charge in [0.2, 0.25) is 0 Å². The molecule has 0 spiro atoms. The number of ether oxygens (including phenoxy) is 2. The van der Waals surface area contributed by atoms with E-state index in [9.17, 15) is 19.0 Å². The molecule has 0 bridgehead atoms. The second-order valence-electron chi connectivity index (χ2n) is 18.9. The van der Waals surface area contributed by atoms with Gasteiger partial charge in [0, 0.05) is 12.8 Å². The number of carbonyl (C=O) groups is 2. The van der Waals surface area contributed by atoms with Crippen molar-refractivity contribution in [2.45, 2.75) is 213 Å². The Labute approximate surface area is 417 Å². The zero-order valence-electron chi connectivity index (χ0n) is 44.1. The van der Waals surface area contributed by atoms with Crippen LogP contribution in [0.25, 0.3) is 0 Å². The summed E-state index contributed by atoms with van der Waals surface area (Å²) < 4.78 is 34.5. The zero-order chi connectivity index (χ0) is 49.9. The van der Waals surface area contributed by atoms with Gasteiger partial charge in [0.25, 0.3) is 0 Å². The molecule has 10 heteroatoms. The number of unbranched alkanes of at least 4 members (excludes halogenated alkanes) is 18. The van der Waals surface area contributed by atoms with Crippen LogP contribution in [0.1, 0.15) is 206 Å². The van der Waals surface area contributed by atoms with Gasteiger partial charge < -0.3 is 18.9 Å². The first-order valence-corrected chi connectivity index (χ1v) is 28.5. The van der Waals surface area contributed by atoms with Gasteiger partial charge in [-0.15, -0.1) is 0 Å². The molecule has 0 aliphatic heterocycles. The first-order chi connectivity index (χ1) is 33.0. The van der Waals surface area contributed by atoms with Gasteiger partial charge >= 0.3 is 19.8 Å². The smallest absolute Gasteiger partial charge is 0.462 e. The number of esters is 2. The lowest BCUT2D eigenvalue weighted by molar-refractivity contribution is -0.870. The molecule has 0 aliphatic carbocycles. The molecule has 68 heavy (non-hydrogen) atoms. The largest absolute Gasteiger partial charge is 0.472 e. The molecule has 1 N–H and O–H groups in total. The van der Waals surface area contributed by atoms with Crippen LogP contribution in [0.4, 0.5) is 0 Å². The van der Waals surface area contributed by atoms with Crippen molar-refractivity contribution < 1.29 is 42.1 Å². The molecule has 390 valence electrons. The van der Waals surface area contributed by atoms with Gasteiger partial charge in [-0.25, -0.2) is 4.57 Å². The molecule has 0 saturated heterocycles. The summed E-state index contributed by atoms with van der Waals surface area (Å²) in [6.07, 6.45) is 66.0. The maximum Gasteiger partial charge on any atom is 0.472 e. The molecule has 0 saturated carbocycles. The quantitative estimate of drug-likeness (QED) is 0.0211. The molecule has 0 aromatic rings. The third kappa shape index (κ3) is 52.3. The number of phosphoric acid groups is 1.